The normalized spacial score (nSPS) is 19.1. The number of hydrogen-bond acceptors (Lipinski definition) is 5. The Morgan fingerprint density at radius 2 is 1.92 bits per heavy atom. The van der Waals surface area contributed by atoms with Crippen LogP contribution in [-0.2, 0) is 20.7 Å². The predicted octanol–water partition coefficient (Wildman–Crippen LogP) is 2.44. The quantitative estimate of drug-likeness (QED) is 0.604. The second-order valence-corrected chi connectivity index (χ2v) is 6.59. The van der Waals surface area contributed by atoms with Crippen molar-refractivity contribution in [1.29, 1.82) is 0 Å². The smallest absolute Gasteiger partial charge is 0.263 e. The van der Waals surface area contributed by atoms with Gasteiger partial charge in [-0.05, 0) is 50.8 Å². The van der Waals surface area contributed by atoms with Crippen LogP contribution in [0, 0.1) is 20.8 Å². The molecule has 1 aromatic rings. The fourth-order valence-electron chi connectivity index (χ4n) is 3.18. The van der Waals surface area contributed by atoms with Gasteiger partial charge in [-0.25, -0.2) is 0 Å². The largest absolute Gasteiger partial charge is 0.477 e. The molecular formula is C19H29NO5. The maximum atomic E-state index is 12.2. The Kier molecular flexibility index (Phi) is 6.30. The van der Waals surface area contributed by atoms with E-state index in [9.17, 15) is 4.79 Å². The van der Waals surface area contributed by atoms with Gasteiger partial charge in [-0.1, -0.05) is 0 Å². The number of amides is 1. The third-order valence-electron chi connectivity index (χ3n) is 4.92. The molecule has 25 heavy (non-hydrogen) atoms. The lowest BCUT2D eigenvalue weighted by Crippen LogP contribution is -2.50. The monoisotopic (exact) mass is 351 g/mol. The van der Waals surface area contributed by atoms with Crippen LogP contribution in [0.1, 0.15) is 35.6 Å². The molecule has 0 aromatic heterocycles. The maximum Gasteiger partial charge on any atom is 0.263 e. The molecule has 1 heterocycles. The van der Waals surface area contributed by atoms with Crippen molar-refractivity contribution in [2.45, 2.75) is 46.1 Å². The molecule has 0 radical (unpaired) electrons. The van der Waals surface area contributed by atoms with Crippen LogP contribution in [0.25, 0.3) is 0 Å². The third-order valence-corrected chi connectivity index (χ3v) is 4.92. The number of ether oxygens (including phenoxy) is 4. The Bertz CT molecular complexity index is 643. The van der Waals surface area contributed by atoms with E-state index in [2.05, 4.69) is 5.32 Å². The first-order valence-electron chi connectivity index (χ1n) is 8.59. The van der Waals surface area contributed by atoms with Gasteiger partial charge in [0.25, 0.3) is 5.91 Å². The second kappa shape index (κ2) is 8.06. The molecule has 1 aromatic carbocycles. The molecule has 0 spiro atoms. The van der Waals surface area contributed by atoms with Gasteiger partial charge in [-0.3, -0.25) is 4.79 Å². The number of methoxy groups -OCH3 is 1. The van der Waals surface area contributed by atoms with Gasteiger partial charge >= 0.3 is 0 Å². The number of benzene rings is 1. The average molecular weight is 351 g/mol. The molecule has 6 heteroatoms. The van der Waals surface area contributed by atoms with E-state index in [1.54, 1.807) is 14.2 Å². The number of nitrogens with one attached hydrogen (secondary N) is 1. The van der Waals surface area contributed by atoms with Crippen LogP contribution >= 0.6 is 0 Å². The zero-order valence-electron chi connectivity index (χ0n) is 16.1. The molecule has 0 saturated heterocycles. The number of hydrogen-bond donors (Lipinski definition) is 1. The summed E-state index contributed by atoms with van der Waals surface area (Å²) in [5.41, 5.74) is 3.33. The molecule has 140 valence electrons. The first kappa shape index (κ1) is 19.5. The highest BCUT2D eigenvalue weighted by molar-refractivity contribution is 5.85. The van der Waals surface area contributed by atoms with Crippen molar-refractivity contribution in [2.24, 2.45) is 0 Å². The number of carbonyl (C=O) groups is 1. The highest BCUT2D eigenvalue weighted by atomic mass is 16.7. The Balaban J connectivity index is 2.26. The molecule has 0 bridgehead atoms. The zero-order valence-corrected chi connectivity index (χ0v) is 16.1. The van der Waals surface area contributed by atoms with Gasteiger partial charge in [-0.2, -0.15) is 0 Å². The fraction of sp³-hybridized carbons (Fsp3) is 0.632. The topological polar surface area (TPSA) is 66.0 Å². The van der Waals surface area contributed by atoms with Crippen molar-refractivity contribution in [3.8, 4) is 11.5 Å². The van der Waals surface area contributed by atoms with E-state index >= 15 is 0 Å². The van der Waals surface area contributed by atoms with Gasteiger partial charge in [0, 0.05) is 26.1 Å². The number of rotatable bonds is 7. The Hall–Kier alpha value is -1.79. The van der Waals surface area contributed by atoms with Crippen LogP contribution in [0.2, 0.25) is 0 Å². The van der Waals surface area contributed by atoms with Gasteiger partial charge in [0.05, 0.1) is 13.2 Å². The molecule has 1 atom stereocenters. The summed E-state index contributed by atoms with van der Waals surface area (Å²) in [4.78, 5) is 12.2. The van der Waals surface area contributed by atoms with Crippen molar-refractivity contribution in [3.63, 3.8) is 0 Å². The predicted molar refractivity (Wildman–Crippen MR) is 95.4 cm³/mol. The number of likely N-dealkylation sites (N-methyl/N-ethyl adjacent to an activating group) is 1. The average Bonchev–Trinajstić information content (AvgIpc) is 2.61. The molecule has 6 nitrogen and oxygen atoms in total. The lowest BCUT2D eigenvalue weighted by molar-refractivity contribution is -0.136. The van der Waals surface area contributed by atoms with E-state index in [-0.39, 0.29) is 12.7 Å². The molecule has 2 rings (SSSR count). The summed E-state index contributed by atoms with van der Waals surface area (Å²) >= 11 is 0. The van der Waals surface area contributed by atoms with Crippen molar-refractivity contribution >= 4 is 5.91 Å². The summed E-state index contributed by atoms with van der Waals surface area (Å²) in [6, 6.07) is 0. The molecular weight excluding hydrogens is 322 g/mol. The number of fused-ring (bicyclic) bond motifs is 1. The Morgan fingerprint density at radius 1 is 1.20 bits per heavy atom. The van der Waals surface area contributed by atoms with E-state index in [1.807, 2.05) is 27.7 Å². The minimum Gasteiger partial charge on any atom is -0.477 e. The molecule has 0 aliphatic carbocycles. The standard InChI is InChI=1S/C19H29NO5/c1-12-13(2)17-15(7-8-19(4,25-17)18(21)20-5)14(3)16(12)24-11-23-10-9-22-6/h7-11H2,1-6H3,(H,20,21). The highest BCUT2D eigenvalue weighted by Crippen LogP contribution is 2.43. The molecule has 1 unspecified atom stereocenters. The van der Waals surface area contributed by atoms with Crippen LogP contribution in [-0.4, -0.2) is 45.7 Å². The van der Waals surface area contributed by atoms with Gasteiger partial charge in [0.2, 0.25) is 0 Å². The van der Waals surface area contributed by atoms with Crippen LogP contribution in [0.5, 0.6) is 11.5 Å². The molecule has 1 aliphatic heterocycles. The minimum atomic E-state index is -0.836. The van der Waals surface area contributed by atoms with Crippen molar-refractivity contribution < 1.29 is 23.7 Å². The van der Waals surface area contributed by atoms with Gasteiger partial charge < -0.3 is 24.3 Å². The van der Waals surface area contributed by atoms with Crippen molar-refractivity contribution in [2.75, 3.05) is 34.2 Å². The molecule has 1 amide bonds. The van der Waals surface area contributed by atoms with Crippen LogP contribution in [0.4, 0.5) is 0 Å². The second-order valence-electron chi connectivity index (χ2n) is 6.59. The Labute approximate surface area is 149 Å². The Morgan fingerprint density at radius 3 is 2.56 bits per heavy atom. The third kappa shape index (κ3) is 3.90. The van der Waals surface area contributed by atoms with E-state index in [0.29, 0.717) is 19.6 Å². The summed E-state index contributed by atoms with van der Waals surface area (Å²) in [6.45, 7) is 9.08. The van der Waals surface area contributed by atoms with Crippen LogP contribution < -0.4 is 14.8 Å². The lowest BCUT2D eigenvalue weighted by atomic mass is 9.86. The SMILES string of the molecule is CNC(=O)C1(C)CCc2c(C)c(OCOCCOC)c(C)c(C)c2O1. The van der Waals surface area contributed by atoms with Gasteiger partial charge in [0.1, 0.15) is 11.5 Å². The fourth-order valence-corrected chi connectivity index (χ4v) is 3.18. The van der Waals surface area contributed by atoms with Gasteiger partial charge in [0.15, 0.2) is 12.4 Å². The minimum absolute atomic E-state index is 0.0975. The first-order valence-corrected chi connectivity index (χ1v) is 8.59. The van der Waals surface area contributed by atoms with Crippen LogP contribution in [0.3, 0.4) is 0 Å². The number of carbonyl (C=O) groups excluding carboxylic acids is 1. The summed E-state index contributed by atoms with van der Waals surface area (Å²) in [5.74, 6) is 1.54. The van der Waals surface area contributed by atoms with E-state index in [0.717, 1.165) is 40.2 Å². The highest BCUT2D eigenvalue weighted by Gasteiger charge is 2.40. The molecule has 0 fully saturated rings. The summed E-state index contributed by atoms with van der Waals surface area (Å²) < 4.78 is 22.4. The summed E-state index contributed by atoms with van der Waals surface area (Å²) in [5, 5.41) is 2.70. The zero-order chi connectivity index (χ0) is 18.6. The van der Waals surface area contributed by atoms with Gasteiger partial charge in [-0.15, -0.1) is 0 Å². The van der Waals surface area contributed by atoms with Crippen molar-refractivity contribution in [3.05, 3.63) is 22.3 Å². The first-order chi connectivity index (χ1) is 11.9. The maximum absolute atomic E-state index is 12.2. The summed E-state index contributed by atoms with van der Waals surface area (Å²) in [6.07, 6.45) is 1.40. The molecule has 1 aliphatic rings. The van der Waals surface area contributed by atoms with E-state index in [1.165, 1.54) is 0 Å². The molecule has 0 saturated carbocycles. The van der Waals surface area contributed by atoms with E-state index < -0.39 is 5.60 Å². The van der Waals surface area contributed by atoms with Crippen molar-refractivity contribution in [1.82, 2.24) is 5.32 Å². The lowest BCUT2D eigenvalue weighted by Gasteiger charge is -2.36. The van der Waals surface area contributed by atoms with E-state index in [4.69, 9.17) is 18.9 Å². The molecule has 1 N–H and O–H groups in total. The van der Waals surface area contributed by atoms with Crippen LogP contribution in [0.15, 0.2) is 0 Å². The summed E-state index contributed by atoms with van der Waals surface area (Å²) in [7, 11) is 3.27.